The first-order valence-electron chi connectivity index (χ1n) is 7.99. The first kappa shape index (κ1) is 14.3. The van der Waals surface area contributed by atoms with Crippen LogP contribution in [0.1, 0.15) is 31.7 Å². The van der Waals surface area contributed by atoms with Crippen LogP contribution in [-0.4, -0.2) is 45.7 Å². The number of nitrogens with zero attached hydrogens (tertiary/aromatic N) is 4. The van der Waals surface area contributed by atoms with Crippen LogP contribution < -0.4 is 5.32 Å². The fourth-order valence-electron chi connectivity index (χ4n) is 3.11. The molecule has 5 nitrogen and oxygen atoms in total. The van der Waals surface area contributed by atoms with Crippen molar-refractivity contribution in [1.29, 1.82) is 0 Å². The molecule has 1 saturated heterocycles. The fraction of sp³-hybridized carbons (Fsp3) is 0.625. The average Bonchev–Trinajstić information content (AvgIpc) is 2.94. The van der Waals surface area contributed by atoms with Gasteiger partial charge in [-0.05, 0) is 56.5 Å². The van der Waals surface area contributed by atoms with Gasteiger partial charge in [-0.25, -0.2) is 4.98 Å². The van der Waals surface area contributed by atoms with Crippen LogP contribution in [-0.2, 0) is 0 Å². The Balaban J connectivity index is 1.59. The number of anilines is 1. The van der Waals surface area contributed by atoms with E-state index in [0.29, 0.717) is 5.92 Å². The van der Waals surface area contributed by atoms with E-state index in [1.54, 1.807) is 6.33 Å². The van der Waals surface area contributed by atoms with E-state index < -0.39 is 0 Å². The summed E-state index contributed by atoms with van der Waals surface area (Å²) < 4.78 is 1.88. The smallest absolute Gasteiger partial charge is 0.157 e. The van der Waals surface area contributed by atoms with Gasteiger partial charge in [0.15, 0.2) is 5.65 Å². The largest absolute Gasteiger partial charge is 0.370 e. The minimum Gasteiger partial charge on any atom is -0.370 e. The van der Waals surface area contributed by atoms with Crippen molar-refractivity contribution in [2.75, 3.05) is 31.5 Å². The Labute approximate surface area is 126 Å². The highest BCUT2D eigenvalue weighted by Gasteiger charge is 2.13. The molecule has 1 N–H and O–H groups in total. The third kappa shape index (κ3) is 3.53. The second-order valence-corrected chi connectivity index (χ2v) is 6.30. The van der Waals surface area contributed by atoms with Crippen molar-refractivity contribution in [2.24, 2.45) is 5.92 Å². The highest BCUT2D eigenvalue weighted by atomic mass is 15.3. The molecule has 0 bridgehead atoms. The summed E-state index contributed by atoms with van der Waals surface area (Å²) in [6, 6.07) is 4.19. The maximum atomic E-state index is 4.29. The van der Waals surface area contributed by atoms with Gasteiger partial charge in [0, 0.05) is 13.1 Å². The van der Waals surface area contributed by atoms with Gasteiger partial charge in [0.1, 0.15) is 12.1 Å². The maximum Gasteiger partial charge on any atom is 0.157 e. The zero-order valence-electron chi connectivity index (χ0n) is 13.0. The minimum absolute atomic E-state index is 0.627. The first-order chi connectivity index (χ1) is 10.2. The summed E-state index contributed by atoms with van der Waals surface area (Å²) >= 11 is 0. The van der Waals surface area contributed by atoms with Gasteiger partial charge in [-0.3, -0.25) is 0 Å². The summed E-state index contributed by atoms with van der Waals surface area (Å²) in [6.07, 6.45) is 5.73. The number of rotatable bonds is 5. The average molecular weight is 287 g/mol. The molecular weight excluding hydrogens is 262 g/mol. The Hall–Kier alpha value is -1.62. The number of piperidine rings is 1. The molecule has 1 unspecified atom stereocenters. The fourth-order valence-corrected chi connectivity index (χ4v) is 3.11. The van der Waals surface area contributed by atoms with E-state index >= 15 is 0 Å². The minimum atomic E-state index is 0.627. The molecule has 3 rings (SSSR count). The SMILES string of the molecule is Cc1cc(NCC(C)CN2CCCCC2)n2ncnc2c1. The topological polar surface area (TPSA) is 45.5 Å². The van der Waals surface area contributed by atoms with Crippen molar-refractivity contribution in [1.82, 2.24) is 19.5 Å². The quantitative estimate of drug-likeness (QED) is 0.918. The van der Waals surface area contributed by atoms with Gasteiger partial charge in [0.05, 0.1) is 0 Å². The van der Waals surface area contributed by atoms with Crippen LogP contribution in [0.2, 0.25) is 0 Å². The lowest BCUT2D eigenvalue weighted by Crippen LogP contribution is -2.35. The van der Waals surface area contributed by atoms with Crippen LogP contribution in [0.3, 0.4) is 0 Å². The van der Waals surface area contributed by atoms with E-state index in [4.69, 9.17) is 0 Å². The summed E-state index contributed by atoms with van der Waals surface area (Å²) in [6.45, 7) is 9.09. The molecule has 0 saturated carbocycles. The zero-order valence-corrected chi connectivity index (χ0v) is 13.0. The summed E-state index contributed by atoms with van der Waals surface area (Å²) in [7, 11) is 0. The Kier molecular flexibility index (Phi) is 4.39. The number of hydrogen-bond donors (Lipinski definition) is 1. The van der Waals surface area contributed by atoms with Crippen LogP contribution in [0.15, 0.2) is 18.5 Å². The van der Waals surface area contributed by atoms with Crippen molar-refractivity contribution < 1.29 is 0 Å². The number of fused-ring (bicyclic) bond motifs is 1. The Bertz CT molecular complexity index is 585. The molecule has 0 aliphatic carbocycles. The van der Waals surface area contributed by atoms with Crippen molar-refractivity contribution in [3.05, 3.63) is 24.0 Å². The Morgan fingerprint density at radius 3 is 2.86 bits per heavy atom. The van der Waals surface area contributed by atoms with Crippen molar-refractivity contribution in [3.63, 3.8) is 0 Å². The summed E-state index contributed by atoms with van der Waals surface area (Å²) in [4.78, 5) is 6.86. The van der Waals surface area contributed by atoms with Gasteiger partial charge < -0.3 is 10.2 Å². The number of hydrogen-bond acceptors (Lipinski definition) is 4. The zero-order chi connectivity index (χ0) is 14.7. The number of aromatic nitrogens is 3. The molecule has 2 aromatic heterocycles. The highest BCUT2D eigenvalue weighted by Crippen LogP contribution is 2.15. The lowest BCUT2D eigenvalue weighted by Gasteiger charge is -2.29. The van der Waals surface area contributed by atoms with Crippen LogP contribution in [0.5, 0.6) is 0 Å². The molecule has 0 radical (unpaired) electrons. The van der Waals surface area contributed by atoms with Crippen LogP contribution in [0.4, 0.5) is 5.82 Å². The summed E-state index contributed by atoms with van der Waals surface area (Å²) in [5.41, 5.74) is 2.11. The van der Waals surface area contributed by atoms with Crippen molar-refractivity contribution in [2.45, 2.75) is 33.1 Å². The predicted molar refractivity (Wildman–Crippen MR) is 85.7 cm³/mol. The van der Waals surface area contributed by atoms with Crippen LogP contribution in [0.25, 0.3) is 5.65 Å². The second kappa shape index (κ2) is 6.43. The van der Waals surface area contributed by atoms with Crippen molar-refractivity contribution >= 4 is 11.5 Å². The molecular formula is C16H25N5. The van der Waals surface area contributed by atoms with Crippen molar-refractivity contribution in [3.8, 4) is 0 Å². The van der Waals surface area contributed by atoms with Gasteiger partial charge in [-0.2, -0.15) is 9.61 Å². The van der Waals surface area contributed by atoms with Gasteiger partial charge in [-0.1, -0.05) is 13.3 Å². The molecule has 1 fully saturated rings. The third-order valence-corrected chi connectivity index (χ3v) is 4.17. The van der Waals surface area contributed by atoms with E-state index in [1.807, 2.05) is 4.52 Å². The molecule has 1 atom stereocenters. The molecule has 2 aromatic rings. The van der Waals surface area contributed by atoms with E-state index in [1.165, 1.54) is 44.5 Å². The predicted octanol–water partition coefficient (Wildman–Crippen LogP) is 2.57. The van der Waals surface area contributed by atoms with E-state index in [2.05, 4.69) is 46.3 Å². The van der Waals surface area contributed by atoms with E-state index in [0.717, 1.165) is 18.0 Å². The molecule has 5 heteroatoms. The molecule has 3 heterocycles. The molecule has 0 spiro atoms. The number of aryl methyl sites for hydroxylation is 1. The van der Waals surface area contributed by atoms with Crippen LogP contribution >= 0.6 is 0 Å². The second-order valence-electron chi connectivity index (χ2n) is 6.30. The molecule has 1 aliphatic heterocycles. The molecule has 0 aromatic carbocycles. The first-order valence-corrected chi connectivity index (χ1v) is 7.99. The van der Waals surface area contributed by atoms with Gasteiger partial charge in [-0.15, -0.1) is 0 Å². The molecule has 1 aliphatic rings. The number of likely N-dealkylation sites (tertiary alicyclic amines) is 1. The number of pyridine rings is 1. The standard InChI is InChI=1S/C16H25N5/c1-13-8-15(21-16(9-13)18-12-19-21)17-10-14(2)11-20-6-4-3-5-7-20/h8-9,12,14,17H,3-7,10-11H2,1-2H3. The lowest BCUT2D eigenvalue weighted by atomic mass is 10.1. The van der Waals surface area contributed by atoms with E-state index in [-0.39, 0.29) is 0 Å². The molecule has 21 heavy (non-hydrogen) atoms. The van der Waals surface area contributed by atoms with Gasteiger partial charge in [0.2, 0.25) is 0 Å². The van der Waals surface area contributed by atoms with E-state index in [9.17, 15) is 0 Å². The number of nitrogens with one attached hydrogen (secondary N) is 1. The maximum absolute atomic E-state index is 4.29. The Morgan fingerprint density at radius 2 is 2.05 bits per heavy atom. The van der Waals surface area contributed by atoms with Gasteiger partial charge in [0.25, 0.3) is 0 Å². The lowest BCUT2D eigenvalue weighted by molar-refractivity contribution is 0.204. The Morgan fingerprint density at radius 1 is 1.24 bits per heavy atom. The normalized spacial score (nSPS) is 18.0. The third-order valence-electron chi connectivity index (χ3n) is 4.17. The summed E-state index contributed by atoms with van der Waals surface area (Å²) in [5.74, 6) is 1.66. The molecule has 114 valence electrons. The highest BCUT2D eigenvalue weighted by molar-refractivity contribution is 5.51. The summed E-state index contributed by atoms with van der Waals surface area (Å²) in [5, 5.41) is 7.82. The monoisotopic (exact) mass is 287 g/mol. The van der Waals surface area contributed by atoms with Gasteiger partial charge >= 0.3 is 0 Å². The van der Waals surface area contributed by atoms with Crippen LogP contribution in [0, 0.1) is 12.8 Å². The molecule has 0 amide bonds.